The summed E-state index contributed by atoms with van der Waals surface area (Å²) in [4.78, 5) is 13.8. The first-order chi connectivity index (χ1) is 22.7. The van der Waals surface area contributed by atoms with Crippen LogP contribution < -0.4 is 0 Å². The molecule has 0 aliphatic heterocycles. The SMILES string of the molecule is [C-]#[N+]c1ccc(-c2ccc3cc(-c4cc(-c5cccc6c(-c7ccccc7)cccc56)nc(-c5ccccc5)n4)ccc3c2)cc1. The number of aromatic nitrogens is 2. The van der Waals surface area contributed by atoms with E-state index in [0.29, 0.717) is 11.5 Å². The van der Waals surface area contributed by atoms with E-state index in [1.54, 1.807) is 0 Å². The predicted molar refractivity (Wildman–Crippen MR) is 190 cm³/mol. The summed E-state index contributed by atoms with van der Waals surface area (Å²) in [6.07, 6.45) is 0. The smallest absolute Gasteiger partial charge is 0.187 e. The van der Waals surface area contributed by atoms with Crippen LogP contribution in [-0.2, 0) is 0 Å². The highest BCUT2D eigenvalue weighted by Crippen LogP contribution is 2.37. The molecule has 214 valence electrons. The summed E-state index contributed by atoms with van der Waals surface area (Å²) in [5, 5.41) is 4.63. The van der Waals surface area contributed by atoms with Gasteiger partial charge in [-0.3, -0.25) is 0 Å². The van der Waals surface area contributed by atoms with Gasteiger partial charge in [-0.1, -0.05) is 146 Å². The van der Waals surface area contributed by atoms with Crippen LogP contribution in [0.2, 0.25) is 0 Å². The zero-order chi connectivity index (χ0) is 30.9. The van der Waals surface area contributed by atoms with Gasteiger partial charge in [0.1, 0.15) is 0 Å². The number of rotatable bonds is 5. The Morgan fingerprint density at radius 2 is 0.957 bits per heavy atom. The first kappa shape index (κ1) is 27.2. The first-order valence-electron chi connectivity index (χ1n) is 15.3. The van der Waals surface area contributed by atoms with Crippen molar-refractivity contribution < 1.29 is 0 Å². The lowest BCUT2D eigenvalue weighted by Crippen LogP contribution is -1.96. The molecule has 0 saturated carbocycles. The summed E-state index contributed by atoms with van der Waals surface area (Å²) in [6, 6.07) is 56.6. The summed E-state index contributed by atoms with van der Waals surface area (Å²) < 4.78 is 0. The zero-order valence-corrected chi connectivity index (χ0v) is 24.9. The second-order valence-corrected chi connectivity index (χ2v) is 11.3. The minimum absolute atomic E-state index is 0.647. The second kappa shape index (κ2) is 11.6. The molecule has 0 amide bonds. The van der Waals surface area contributed by atoms with Gasteiger partial charge < -0.3 is 0 Å². The Morgan fingerprint density at radius 1 is 0.391 bits per heavy atom. The first-order valence-corrected chi connectivity index (χ1v) is 15.3. The van der Waals surface area contributed by atoms with Gasteiger partial charge in [0.25, 0.3) is 0 Å². The van der Waals surface area contributed by atoms with E-state index in [1.807, 2.05) is 42.5 Å². The Bertz CT molecular complexity index is 2410. The molecular weight excluding hydrogens is 558 g/mol. The third kappa shape index (κ3) is 5.09. The normalized spacial score (nSPS) is 11.0. The summed E-state index contributed by atoms with van der Waals surface area (Å²) in [7, 11) is 0. The van der Waals surface area contributed by atoms with Crippen molar-refractivity contribution in [1.82, 2.24) is 9.97 Å². The van der Waals surface area contributed by atoms with Crippen molar-refractivity contribution in [3.8, 4) is 56.2 Å². The molecule has 0 atom stereocenters. The average Bonchev–Trinajstić information content (AvgIpc) is 3.14. The van der Waals surface area contributed by atoms with E-state index in [9.17, 15) is 0 Å². The van der Waals surface area contributed by atoms with Crippen molar-refractivity contribution in [2.45, 2.75) is 0 Å². The van der Waals surface area contributed by atoms with Crippen LogP contribution in [0.1, 0.15) is 0 Å². The van der Waals surface area contributed by atoms with Gasteiger partial charge in [-0.25, -0.2) is 14.8 Å². The van der Waals surface area contributed by atoms with E-state index in [-0.39, 0.29) is 0 Å². The number of nitrogens with zero attached hydrogens (tertiary/aromatic N) is 3. The second-order valence-electron chi connectivity index (χ2n) is 11.3. The molecular formula is C43H27N3. The number of hydrogen-bond donors (Lipinski definition) is 0. The van der Waals surface area contributed by atoms with Crippen molar-refractivity contribution in [3.05, 3.63) is 175 Å². The van der Waals surface area contributed by atoms with Crippen molar-refractivity contribution >= 4 is 27.2 Å². The van der Waals surface area contributed by atoms with Crippen LogP contribution in [0.25, 0.3) is 82.5 Å². The Morgan fingerprint density at radius 3 is 1.65 bits per heavy atom. The van der Waals surface area contributed by atoms with E-state index in [2.05, 4.69) is 126 Å². The largest absolute Gasteiger partial charge is 0.238 e. The fourth-order valence-electron chi connectivity index (χ4n) is 6.17. The molecule has 7 aromatic carbocycles. The van der Waals surface area contributed by atoms with Crippen LogP contribution in [-0.4, -0.2) is 9.97 Å². The van der Waals surface area contributed by atoms with Gasteiger partial charge in [-0.05, 0) is 62.0 Å². The molecule has 8 aromatic rings. The number of fused-ring (bicyclic) bond motifs is 2. The molecule has 0 unspecified atom stereocenters. The van der Waals surface area contributed by atoms with Gasteiger partial charge in [0.2, 0.25) is 0 Å². The molecule has 8 rings (SSSR count). The maximum atomic E-state index is 7.23. The summed E-state index contributed by atoms with van der Waals surface area (Å²) in [6.45, 7) is 7.23. The maximum absolute atomic E-state index is 7.23. The van der Waals surface area contributed by atoms with Crippen LogP contribution in [0.4, 0.5) is 5.69 Å². The average molecular weight is 586 g/mol. The van der Waals surface area contributed by atoms with Crippen LogP contribution in [0.5, 0.6) is 0 Å². The Labute approximate surface area is 267 Å². The molecule has 0 saturated heterocycles. The molecule has 3 nitrogen and oxygen atoms in total. The minimum Gasteiger partial charge on any atom is -0.238 e. The monoisotopic (exact) mass is 585 g/mol. The lowest BCUT2D eigenvalue weighted by atomic mass is 9.94. The minimum atomic E-state index is 0.647. The molecule has 1 aromatic heterocycles. The molecule has 0 fully saturated rings. The molecule has 1 heterocycles. The Kier molecular flexibility index (Phi) is 6.87. The van der Waals surface area contributed by atoms with E-state index in [1.165, 1.54) is 16.5 Å². The fourth-order valence-corrected chi connectivity index (χ4v) is 6.17. The van der Waals surface area contributed by atoms with Crippen LogP contribution >= 0.6 is 0 Å². The quantitative estimate of drug-likeness (QED) is 0.188. The van der Waals surface area contributed by atoms with Crippen LogP contribution in [0.15, 0.2) is 164 Å². The summed E-state index contributed by atoms with van der Waals surface area (Å²) in [5.74, 6) is 0.697. The van der Waals surface area contributed by atoms with Gasteiger partial charge >= 0.3 is 0 Å². The Balaban J connectivity index is 1.26. The standard InChI is InChI=1S/C43H27N3/c1-44-36-24-22-29(23-25-36)32-18-19-34-27-35(21-20-33(34)26-32)41-28-42(46-43(45-41)31-12-6-3-7-13-31)40-17-9-15-38-37(14-8-16-39(38)40)30-10-4-2-5-11-30/h2-28H. The van der Waals surface area contributed by atoms with Gasteiger partial charge in [0.05, 0.1) is 18.0 Å². The lowest BCUT2D eigenvalue weighted by molar-refractivity contribution is 1.19. The Hall–Kier alpha value is -6.37. The lowest BCUT2D eigenvalue weighted by Gasteiger charge is -2.13. The molecule has 0 radical (unpaired) electrons. The number of benzene rings is 7. The third-order valence-corrected chi connectivity index (χ3v) is 8.51. The molecule has 0 aliphatic rings. The highest BCUT2D eigenvalue weighted by atomic mass is 14.9. The summed E-state index contributed by atoms with van der Waals surface area (Å²) >= 11 is 0. The maximum Gasteiger partial charge on any atom is 0.187 e. The number of hydrogen-bond acceptors (Lipinski definition) is 2. The predicted octanol–water partition coefficient (Wildman–Crippen LogP) is 11.7. The molecule has 0 spiro atoms. The van der Waals surface area contributed by atoms with Crippen molar-refractivity contribution in [2.75, 3.05) is 0 Å². The van der Waals surface area contributed by atoms with E-state index in [4.69, 9.17) is 16.5 Å². The van der Waals surface area contributed by atoms with Crippen LogP contribution in [0, 0.1) is 6.57 Å². The van der Waals surface area contributed by atoms with Gasteiger partial charge in [0, 0.05) is 16.7 Å². The van der Waals surface area contributed by atoms with E-state index in [0.717, 1.165) is 55.4 Å². The molecule has 46 heavy (non-hydrogen) atoms. The molecule has 0 N–H and O–H groups in total. The van der Waals surface area contributed by atoms with E-state index >= 15 is 0 Å². The highest BCUT2D eigenvalue weighted by Gasteiger charge is 2.14. The summed E-state index contributed by atoms with van der Waals surface area (Å²) in [5.41, 5.74) is 10.1. The van der Waals surface area contributed by atoms with Crippen molar-refractivity contribution in [1.29, 1.82) is 0 Å². The molecule has 0 bridgehead atoms. The molecule has 0 aliphatic carbocycles. The van der Waals surface area contributed by atoms with Crippen molar-refractivity contribution in [2.24, 2.45) is 0 Å². The van der Waals surface area contributed by atoms with Gasteiger partial charge in [-0.15, -0.1) is 0 Å². The van der Waals surface area contributed by atoms with Crippen molar-refractivity contribution in [3.63, 3.8) is 0 Å². The zero-order valence-electron chi connectivity index (χ0n) is 24.9. The van der Waals surface area contributed by atoms with E-state index < -0.39 is 0 Å². The highest BCUT2D eigenvalue weighted by molar-refractivity contribution is 6.04. The van der Waals surface area contributed by atoms with Crippen LogP contribution in [0.3, 0.4) is 0 Å². The van der Waals surface area contributed by atoms with Gasteiger partial charge in [-0.2, -0.15) is 0 Å². The third-order valence-electron chi connectivity index (χ3n) is 8.51. The fraction of sp³-hybridized carbons (Fsp3) is 0. The van der Waals surface area contributed by atoms with Gasteiger partial charge in [0.15, 0.2) is 11.5 Å². The molecule has 3 heteroatoms. The topological polar surface area (TPSA) is 30.1 Å².